The van der Waals surface area contributed by atoms with Crippen LogP contribution in [0.15, 0.2) is 73.1 Å². The Balaban J connectivity index is 1.43. The summed E-state index contributed by atoms with van der Waals surface area (Å²) < 4.78 is 1.69. The van der Waals surface area contributed by atoms with E-state index in [1.165, 1.54) is 5.56 Å². The maximum atomic E-state index is 12.6. The van der Waals surface area contributed by atoms with Gasteiger partial charge in [-0.3, -0.25) is 4.79 Å². The van der Waals surface area contributed by atoms with Crippen LogP contribution in [0.1, 0.15) is 42.5 Å². The molecule has 7 nitrogen and oxygen atoms in total. The number of benzene rings is 2. The van der Waals surface area contributed by atoms with Gasteiger partial charge < -0.3 is 10.6 Å². The van der Waals surface area contributed by atoms with Gasteiger partial charge in [-0.15, -0.1) is 0 Å². The number of nitrogens with zero attached hydrogens (tertiary/aromatic N) is 4. The molecule has 1 amide bonds. The second kappa shape index (κ2) is 8.63. The number of hydrogen-bond acceptors (Lipinski definition) is 5. The molecule has 0 fully saturated rings. The molecule has 0 aliphatic carbocycles. The Morgan fingerprint density at radius 3 is 2.25 bits per heavy atom. The van der Waals surface area contributed by atoms with Gasteiger partial charge in [0, 0.05) is 35.4 Å². The molecule has 0 spiro atoms. The van der Waals surface area contributed by atoms with E-state index in [0.717, 1.165) is 11.4 Å². The van der Waals surface area contributed by atoms with Gasteiger partial charge >= 0.3 is 0 Å². The van der Waals surface area contributed by atoms with Gasteiger partial charge in [0.05, 0.1) is 0 Å². The molecule has 0 aliphatic heterocycles. The van der Waals surface area contributed by atoms with Crippen molar-refractivity contribution in [2.24, 2.45) is 0 Å². The summed E-state index contributed by atoms with van der Waals surface area (Å²) in [4.78, 5) is 21.4. The molecule has 0 unspecified atom stereocenters. The van der Waals surface area contributed by atoms with Crippen molar-refractivity contribution in [3.63, 3.8) is 0 Å². The molecular formula is C25H26N6O. The van der Waals surface area contributed by atoms with Crippen molar-refractivity contribution >= 4 is 23.1 Å². The first-order chi connectivity index (χ1) is 15.3. The normalized spacial score (nSPS) is 11.2. The smallest absolute Gasteiger partial charge is 0.255 e. The lowest BCUT2D eigenvalue weighted by Gasteiger charge is -2.19. The number of aryl methyl sites for hydroxylation is 1. The van der Waals surface area contributed by atoms with Crippen LogP contribution in [-0.2, 0) is 5.41 Å². The SMILES string of the molecule is Cc1nc(Nc2ccc(NC(=O)c3ccc(C(C)(C)C)cc3)cc2)cc(-n2cccn2)n1. The molecule has 2 N–H and O–H groups in total. The maximum absolute atomic E-state index is 12.6. The zero-order valence-corrected chi connectivity index (χ0v) is 18.6. The molecule has 0 bridgehead atoms. The van der Waals surface area contributed by atoms with Crippen LogP contribution in [0.25, 0.3) is 5.82 Å². The van der Waals surface area contributed by atoms with Crippen molar-refractivity contribution < 1.29 is 4.79 Å². The number of rotatable bonds is 5. The zero-order valence-electron chi connectivity index (χ0n) is 18.6. The van der Waals surface area contributed by atoms with Crippen LogP contribution in [0, 0.1) is 6.92 Å². The van der Waals surface area contributed by atoms with E-state index >= 15 is 0 Å². The number of amides is 1. The largest absolute Gasteiger partial charge is 0.340 e. The van der Waals surface area contributed by atoms with Crippen LogP contribution in [0.4, 0.5) is 17.2 Å². The summed E-state index contributed by atoms with van der Waals surface area (Å²) in [5, 5.41) is 10.4. The van der Waals surface area contributed by atoms with Crippen LogP contribution in [0.5, 0.6) is 0 Å². The van der Waals surface area contributed by atoms with Gasteiger partial charge in [0.15, 0.2) is 5.82 Å². The predicted molar refractivity (Wildman–Crippen MR) is 127 cm³/mol. The van der Waals surface area contributed by atoms with Crippen LogP contribution in [0.2, 0.25) is 0 Å². The molecule has 2 heterocycles. The number of hydrogen-bond donors (Lipinski definition) is 2. The summed E-state index contributed by atoms with van der Waals surface area (Å²) in [5.74, 6) is 1.86. The first-order valence-corrected chi connectivity index (χ1v) is 10.4. The molecule has 0 saturated heterocycles. The fourth-order valence-electron chi connectivity index (χ4n) is 3.25. The highest BCUT2D eigenvalue weighted by atomic mass is 16.1. The number of nitrogens with one attached hydrogen (secondary N) is 2. The molecule has 162 valence electrons. The van der Waals surface area contributed by atoms with Gasteiger partial charge in [-0.1, -0.05) is 32.9 Å². The van der Waals surface area contributed by atoms with E-state index in [1.807, 2.05) is 73.8 Å². The lowest BCUT2D eigenvalue weighted by Crippen LogP contribution is -2.14. The van der Waals surface area contributed by atoms with Crippen LogP contribution in [-0.4, -0.2) is 25.7 Å². The van der Waals surface area contributed by atoms with Crippen molar-refractivity contribution in [1.29, 1.82) is 0 Å². The Bertz CT molecular complexity index is 1210. The Morgan fingerprint density at radius 2 is 1.62 bits per heavy atom. The monoisotopic (exact) mass is 426 g/mol. The van der Waals surface area contributed by atoms with Crippen molar-refractivity contribution in [2.75, 3.05) is 10.6 Å². The average Bonchev–Trinajstić information content (AvgIpc) is 3.29. The molecule has 0 atom stereocenters. The highest BCUT2D eigenvalue weighted by molar-refractivity contribution is 6.04. The molecule has 4 rings (SSSR count). The maximum Gasteiger partial charge on any atom is 0.255 e. The topological polar surface area (TPSA) is 84.7 Å². The predicted octanol–water partition coefficient (Wildman–Crippen LogP) is 5.26. The van der Waals surface area contributed by atoms with E-state index in [0.29, 0.717) is 23.0 Å². The summed E-state index contributed by atoms with van der Waals surface area (Å²) in [5.41, 5.74) is 3.45. The fraction of sp³-hybridized carbons (Fsp3) is 0.200. The van der Waals surface area contributed by atoms with Crippen molar-refractivity contribution in [3.05, 3.63) is 90.0 Å². The van der Waals surface area contributed by atoms with Crippen molar-refractivity contribution in [1.82, 2.24) is 19.7 Å². The van der Waals surface area contributed by atoms with Gasteiger partial charge in [-0.25, -0.2) is 14.6 Å². The van der Waals surface area contributed by atoms with Crippen molar-refractivity contribution in [3.8, 4) is 5.82 Å². The van der Waals surface area contributed by atoms with Gasteiger partial charge in [-0.2, -0.15) is 5.10 Å². The van der Waals surface area contributed by atoms with Gasteiger partial charge in [0.1, 0.15) is 11.6 Å². The Kier molecular flexibility index (Phi) is 5.73. The van der Waals surface area contributed by atoms with Crippen LogP contribution in [0.3, 0.4) is 0 Å². The summed E-state index contributed by atoms with van der Waals surface area (Å²) in [6, 6.07) is 18.9. The minimum Gasteiger partial charge on any atom is -0.340 e. The summed E-state index contributed by atoms with van der Waals surface area (Å²) in [6.07, 6.45) is 3.54. The highest BCUT2D eigenvalue weighted by Gasteiger charge is 2.14. The molecule has 0 saturated carbocycles. The van der Waals surface area contributed by atoms with E-state index in [-0.39, 0.29) is 11.3 Å². The summed E-state index contributed by atoms with van der Waals surface area (Å²) in [6.45, 7) is 8.29. The van der Waals surface area contributed by atoms with E-state index in [1.54, 1.807) is 10.9 Å². The third kappa shape index (κ3) is 5.00. The van der Waals surface area contributed by atoms with E-state index < -0.39 is 0 Å². The van der Waals surface area contributed by atoms with E-state index in [4.69, 9.17) is 0 Å². The molecule has 32 heavy (non-hydrogen) atoms. The third-order valence-electron chi connectivity index (χ3n) is 4.99. The van der Waals surface area contributed by atoms with E-state index in [9.17, 15) is 4.79 Å². The first kappa shape index (κ1) is 21.2. The molecule has 4 aromatic rings. The number of anilines is 3. The minimum atomic E-state index is -0.138. The molecular weight excluding hydrogens is 400 g/mol. The molecule has 2 aromatic carbocycles. The minimum absolute atomic E-state index is 0.0548. The van der Waals surface area contributed by atoms with Crippen molar-refractivity contribution in [2.45, 2.75) is 33.1 Å². The van der Waals surface area contributed by atoms with E-state index in [2.05, 4.69) is 46.5 Å². The second-order valence-corrected chi connectivity index (χ2v) is 8.59. The Morgan fingerprint density at radius 1 is 0.938 bits per heavy atom. The summed E-state index contributed by atoms with van der Waals surface area (Å²) in [7, 11) is 0. The quantitative estimate of drug-likeness (QED) is 0.454. The lowest BCUT2D eigenvalue weighted by atomic mass is 9.87. The highest BCUT2D eigenvalue weighted by Crippen LogP contribution is 2.23. The third-order valence-corrected chi connectivity index (χ3v) is 4.99. The standard InChI is InChI=1S/C25H26N6O/c1-17-27-22(16-23(28-17)31-15-5-14-26-31)29-20-10-12-21(13-11-20)30-24(32)18-6-8-19(9-7-18)25(2,3)4/h5-16H,1-4H3,(H,30,32)(H,27,28,29). The first-order valence-electron chi connectivity index (χ1n) is 10.4. The van der Waals surface area contributed by atoms with Gasteiger partial charge in [0.2, 0.25) is 0 Å². The van der Waals surface area contributed by atoms with Crippen LogP contribution >= 0.6 is 0 Å². The average molecular weight is 427 g/mol. The van der Waals surface area contributed by atoms with Gasteiger partial charge in [0.25, 0.3) is 5.91 Å². The zero-order chi connectivity index (χ0) is 22.7. The fourth-order valence-corrected chi connectivity index (χ4v) is 3.25. The lowest BCUT2D eigenvalue weighted by molar-refractivity contribution is 0.102. The number of carbonyl (C=O) groups excluding carboxylic acids is 1. The molecule has 0 radical (unpaired) electrons. The second-order valence-electron chi connectivity index (χ2n) is 8.59. The van der Waals surface area contributed by atoms with Crippen LogP contribution < -0.4 is 10.6 Å². The number of aromatic nitrogens is 4. The molecule has 0 aliphatic rings. The molecule has 7 heteroatoms. The molecule has 2 aromatic heterocycles. The number of carbonyl (C=O) groups is 1. The van der Waals surface area contributed by atoms with Gasteiger partial charge in [-0.05, 0) is 60.4 Å². The Labute approximate surface area is 187 Å². The summed E-state index contributed by atoms with van der Waals surface area (Å²) >= 11 is 0. The Hall–Kier alpha value is -4.00.